The van der Waals surface area contributed by atoms with E-state index in [9.17, 15) is 24.0 Å². The molecule has 0 aliphatic heterocycles. The highest BCUT2D eigenvalue weighted by atomic mass is 16.5. The summed E-state index contributed by atoms with van der Waals surface area (Å²) in [6.45, 7) is 1.90. The lowest BCUT2D eigenvalue weighted by atomic mass is 10.0. The van der Waals surface area contributed by atoms with Crippen LogP contribution in [-0.2, 0) is 41.7 Å². The summed E-state index contributed by atoms with van der Waals surface area (Å²) < 4.78 is 4.78. The lowest BCUT2D eigenvalue weighted by molar-refractivity contribution is -0.145. The molecule has 0 spiro atoms. The van der Waals surface area contributed by atoms with Crippen molar-refractivity contribution in [3.05, 3.63) is 35.4 Å². The molecule has 0 radical (unpaired) electrons. The highest BCUT2D eigenvalue weighted by molar-refractivity contribution is 5.85. The predicted molar refractivity (Wildman–Crippen MR) is 116 cm³/mol. The van der Waals surface area contributed by atoms with E-state index in [0.29, 0.717) is 13.0 Å². The Morgan fingerprint density at radius 1 is 1.09 bits per heavy atom. The van der Waals surface area contributed by atoms with Gasteiger partial charge in [0.1, 0.15) is 6.04 Å². The van der Waals surface area contributed by atoms with Gasteiger partial charge in [-0.15, -0.1) is 0 Å². The number of esters is 1. The molecule has 0 bridgehead atoms. The molecule has 4 amide bonds. The number of hydrogen-bond donors (Lipinski definition) is 5. The summed E-state index contributed by atoms with van der Waals surface area (Å²) in [5, 5.41) is 10.0. The van der Waals surface area contributed by atoms with Crippen molar-refractivity contribution in [2.75, 3.05) is 20.2 Å². The lowest BCUT2D eigenvalue weighted by Crippen LogP contribution is -2.44. The largest absolute Gasteiger partial charge is 0.467 e. The summed E-state index contributed by atoms with van der Waals surface area (Å²) in [4.78, 5) is 57.9. The number of ether oxygens (including phenoxy) is 1. The summed E-state index contributed by atoms with van der Waals surface area (Å²) in [5.74, 6) is -1.76. The van der Waals surface area contributed by atoms with E-state index >= 15 is 0 Å². The van der Waals surface area contributed by atoms with Gasteiger partial charge in [0, 0.05) is 38.4 Å². The van der Waals surface area contributed by atoms with Gasteiger partial charge in [0.2, 0.25) is 24.1 Å². The molecule has 0 saturated carbocycles. The van der Waals surface area contributed by atoms with Crippen LogP contribution in [0.1, 0.15) is 30.9 Å². The maximum absolute atomic E-state index is 12.3. The van der Waals surface area contributed by atoms with Gasteiger partial charge in [-0.05, 0) is 18.1 Å². The molecule has 0 aliphatic rings. The summed E-state index contributed by atoms with van der Waals surface area (Å²) >= 11 is 0. The smallest absolute Gasteiger partial charge is 0.328 e. The van der Waals surface area contributed by atoms with Crippen molar-refractivity contribution in [1.82, 2.24) is 21.3 Å². The zero-order valence-electron chi connectivity index (χ0n) is 18.3. The van der Waals surface area contributed by atoms with Gasteiger partial charge in [0.15, 0.2) is 0 Å². The molecular weight excluding hydrogens is 418 g/mol. The Balaban J connectivity index is 2.45. The fourth-order valence-electron chi connectivity index (χ4n) is 2.90. The van der Waals surface area contributed by atoms with Crippen LogP contribution in [0.3, 0.4) is 0 Å². The van der Waals surface area contributed by atoms with Crippen LogP contribution < -0.4 is 27.0 Å². The van der Waals surface area contributed by atoms with E-state index in [-0.39, 0.29) is 38.3 Å². The molecule has 1 aromatic rings. The SMILES string of the molecule is COC(=O)C(Cc1cccc(CN)c1)NC(=O)CCNC(=O)CC(C)NC(=O)CNC=O. The van der Waals surface area contributed by atoms with Crippen LogP contribution in [-0.4, -0.2) is 62.4 Å². The molecule has 6 N–H and O–H groups in total. The number of methoxy groups -OCH3 is 1. The zero-order chi connectivity index (χ0) is 23.9. The van der Waals surface area contributed by atoms with E-state index in [1.165, 1.54) is 7.11 Å². The summed E-state index contributed by atoms with van der Waals surface area (Å²) in [6.07, 6.45) is 0.627. The first-order chi connectivity index (χ1) is 15.3. The van der Waals surface area contributed by atoms with Gasteiger partial charge in [-0.25, -0.2) is 4.79 Å². The van der Waals surface area contributed by atoms with Crippen molar-refractivity contribution in [2.24, 2.45) is 5.73 Å². The number of nitrogens with one attached hydrogen (secondary N) is 4. The Hall–Kier alpha value is -3.47. The highest BCUT2D eigenvalue weighted by Crippen LogP contribution is 2.08. The van der Waals surface area contributed by atoms with Crippen molar-refractivity contribution in [2.45, 2.75) is 44.8 Å². The zero-order valence-corrected chi connectivity index (χ0v) is 18.3. The quantitative estimate of drug-likeness (QED) is 0.170. The van der Waals surface area contributed by atoms with E-state index in [0.717, 1.165) is 11.1 Å². The normalized spacial score (nSPS) is 12.1. The van der Waals surface area contributed by atoms with E-state index in [4.69, 9.17) is 10.5 Å². The lowest BCUT2D eigenvalue weighted by Gasteiger charge is -2.17. The molecule has 176 valence electrons. The second kappa shape index (κ2) is 14.5. The van der Waals surface area contributed by atoms with Gasteiger partial charge in [-0.3, -0.25) is 19.2 Å². The average Bonchev–Trinajstić information content (AvgIpc) is 2.76. The molecule has 11 nitrogen and oxygen atoms in total. The fourth-order valence-corrected chi connectivity index (χ4v) is 2.90. The van der Waals surface area contributed by atoms with Crippen LogP contribution in [0.2, 0.25) is 0 Å². The average molecular weight is 450 g/mol. The van der Waals surface area contributed by atoms with Crippen molar-refractivity contribution in [1.29, 1.82) is 0 Å². The minimum atomic E-state index is -0.869. The van der Waals surface area contributed by atoms with Crippen LogP contribution >= 0.6 is 0 Å². The number of carbonyl (C=O) groups is 5. The Kier molecular flexibility index (Phi) is 12.1. The van der Waals surface area contributed by atoms with E-state index < -0.39 is 29.9 Å². The second-order valence-corrected chi connectivity index (χ2v) is 7.14. The maximum atomic E-state index is 12.3. The Morgan fingerprint density at radius 2 is 1.81 bits per heavy atom. The molecule has 0 aliphatic carbocycles. The Labute approximate surface area is 186 Å². The summed E-state index contributed by atoms with van der Waals surface area (Å²) in [6, 6.07) is 6.06. The van der Waals surface area contributed by atoms with E-state index in [1.807, 2.05) is 24.3 Å². The molecule has 0 heterocycles. The standard InChI is InChI=1S/C21H31N5O6/c1-14(25-20(30)12-23-13-27)8-19(29)24-7-6-18(28)26-17(21(31)32-2)10-15-4-3-5-16(9-15)11-22/h3-5,9,13-14,17H,6-8,10-12,22H2,1-2H3,(H,23,27)(H,24,29)(H,25,30)(H,26,28). The van der Waals surface area contributed by atoms with Gasteiger partial charge in [0.05, 0.1) is 13.7 Å². The number of rotatable bonds is 14. The van der Waals surface area contributed by atoms with Crippen molar-refractivity contribution < 1.29 is 28.7 Å². The van der Waals surface area contributed by atoms with Gasteiger partial charge in [0.25, 0.3) is 0 Å². The van der Waals surface area contributed by atoms with E-state index in [2.05, 4.69) is 21.3 Å². The van der Waals surface area contributed by atoms with Crippen molar-refractivity contribution >= 4 is 30.1 Å². The first-order valence-corrected chi connectivity index (χ1v) is 10.2. The van der Waals surface area contributed by atoms with Gasteiger partial charge in [-0.1, -0.05) is 24.3 Å². The number of amides is 4. The van der Waals surface area contributed by atoms with E-state index in [1.54, 1.807) is 6.92 Å². The third kappa shape index (κ3) is 10.5. The van der Waals surface area contributed by atoms with Gasteiger partial charge in [-0.2, -0.15) is 0 Å². The first-order valence-electron chi connectivity index (χ1n) is 10.2. The molecular formula is C21H31N5O6. The minimum Gasteiger partial charge on any atom is -0.467 e. The second-order valence-electron chi connectivity index (χ2n) is 7.14. The number of carbonyl (C=O) groups excluding carboxylic acids is 5. The maximum Gasteiger partial charge on any atom is 0.328 e. The summed E-state index contributed by atoms with van der Waals surface area (Å²) in [5.41, 5.74) is 7.37. The number of benzene rings is 1. The van der Waals surface area contributed by atoms with Crippen LogP contribution in [0, 0.1) is 0 Å². The molecule has 32 heavy (non-hydrogen) atoms. The fraction of sp³-hybridized carbons (Fsp3) is 0.476. The highest BCUT2D eigenvalue weighted by Gasteiger charge is 2.22. The van der Waals surface area contributed by atoms with Crippen molar-refractivity contribution in [3.8, 4) is 0 Å². The molecule has 11 heteroatoms. The molecule has 1 aromatic carbocycles. The van der Waals surface area contributed by atoms with Crippen LogP contribution in [0.15, 0.2) is 24.3 Å². The molecule has 0 saturated heterocycles. The van der Waals surface area contributed by atoms with Gasteiger partial charge < -0.3 is 31.7 Å². The molecule has 0 aromatic heterocycles. The molecule has 1 rings (SSSR count). The third-order valence-electron chi connectivity index (χ3n) is 4.41. The third-order valence-corrected chi connectivity index (χ3v) is 4.41. The predicted octanol–water partition coefficient (Wildman–Crippen LogP) is -1.51. The molecule has 2 unspecified atom stereocenters. The monoisotopic (exact) mass is 449 g/mol. The van der Waals surface area contributed by atoms with Crippen LogP contribution in [0.25, 0.3) is 0 Å². The van der Waals surface area contributed by atoms with Crippen LogP contribution in [0.4, 0.5) is 0 Å². The number of hydrogen-bond acceptors (Lipinski definition) is 7. The molecule has 0 fully saturated rings. The van der Waals surface area contributed by atoms with Gasteiger partial charge >= 0.3 is 5.97 Å². The molecule has 2 atom stereocenters. The van der Waals surface area contributed by atoms with Crippen LogP contribution in [0.5, 0.6) is 0 Å². The Morgan fingerprint density at radius 3 is 2.47 bits per heavy atom. The topological polar surface area (TPSA) is 169 Å². The Bertz CT molecular complexity index is 801. The minimum absolute atomic E-state index is 0.0106. The number of nitrogens with two attached hydrogens (primary N) is 1. The van der Waals surface area contributed by atoms with Crippen molar-refractivity contribution in [3.63, 3.8) is 0 Å². The first kappa shape index (κ1) is 26.6. The summed E-state index contributed by atoms with van der Waals surface area (Å²) in [7, 11) is 1.24.